The molecule has 2 N–H and O–H groups in total. The van der Waals surface area contributed by atoms with E-state index < -0.39 is 29.8 Å². The second kappa shape index (κ2) is 8.02. The van der Waals surface area contributed by atoms with Crippen LogP contribution in [0, 0.1) is 5.92 Å². The summed E-state index contributed by atoms with van der Waals surface area (Å²) < 4.78 is 9.23. The number of phenols is 1. The lowest BCUT2D eigenvalue weighted by Gasteiger charge is -2.19. The van der Waals surface area contributed by atoms with Crippen molar-refractivity contribution in [2.45, 2.75) is 19.4 Å². The van der Waals surface area contributed by atoms with Gasteiger partial charge < -0.3 is 19.9 Å². The number of hydrogen-bond acceptors (Lipinski definition) is 6. The normalized spacial score (nSPS) is 12.9. The molecule has 2 atom stereocenters. The summed E-state index contributed by atoms with van der Waals surface area (Å²) in [5.41, 5.74) is 0.194. The van der Waals surface area contributed by atoms with Crippen LogP contribution in [0.25, 0.3) is 0 Å². The number of amides is 1. The number of benzene rings is 1. The maximum Gasteiger partial charge on any atom is 0.328 e. The Morgan fingerprint density at radius 1 is 1.18 bits per heavy atom. The molecule has 0 spiro atoms. The molecular weight excluding hydrogens is 290 g/mol. The highest BCUT2D eigenvalue weighted by molar-refractivity contribution is 5.97. The van der Waals surface area contributed by atoms with E-state index in [-0.39, 0.29) is 17.7 Å². The Labute approximate surface area is 128 Å². The molecule has 0 heterocycles. The van der Waals surface area contributed by atoms with E-state index in [1.807, 2.05) is 0 Å². The third-order valence-electron chi connectivity index (χ3n) is 3.09. The van der Waals surface area contributed by atoms with Gasteiger partial charge in [-0.05, 0) is 24.6 Å². The van der Waals surface area contributed by atoms with Gasteiger partial charge in [-0.1, -0.05) is 13.0 Å². The summed E-state index contributed by atoms with van der Waals surface area (Å²) in [6.07, 6.45) is 0.0455. The van der Waals surface area contributed by atoms with Gasteiger partial charge in [-0.3, -0.25) is 9.59 Å². The standard InChI is InChI=1S/C15H19NO6/c1-9(14(19)21-2)7-12(15(20)22-3)16-13(18)10-5-4-6-11(17)8-10/h4-6,8-9,12,17H,7H2,1-3H3,(H,16,18)/t9-,12+/m0/s1. The number of hydrogen-bond donors (Lipinski definition) is 2. The van der Waals surface area contributed by atoms with Crippen molar-refractivity contribution in [2.75, 3.05) is 14.2 Å². The number of esters is 2. The molecule has 1 aromatic rings. The molecule has 0 saturated carbocycles. The first kappa shape index (κ1) is 17.5. The van der Waals surface area contributed by atoms with Gasteiger partial charge in [0.1, 0.15) is 11.8 Å². The molecule has 120 valence electrons. The summed E-state index contributed by atoms with van der Waals surface area (Å²) in [5.74, 6) is -2.35. The zero-order valence-corrected chi connectivity index (χ0v) is 12.7. The topological polar surface area (TPSA) is 102 Å². The maximum absolute atomic E-state index is 12.1. The Morgan fingerprint density at radius 3 is 2.36 bits per heavy atom. The van der Waals surface area contributed by atoms with Gasteiger partial charge in [0.2, 0.25) is 0 Å². The molecule has 1 rings (SSSR count). The number of methoxy groups -OCH3 is 2. The van der Waals surface area contributed by atoms with Crippen molar-refractivity contribution < 1.29 is 29.0 Å². The minimum Gasteiger partial charge on any atom is -0.508 e. The highest BCUT2D eigenvalue weighted by atomic mass is 16.5. The van der Waals surface area contributed by atoms with Crippen LogP contribution in [0.1, 0.15) is 23.7 Å². The first-order valence-electron chi connectivity index (χ1n) is 6.64. The maximum atomic E-state index is 12.1. The summed E-state index contributed by atoms with van der Waals surface area (Å²) in [5, 5.41) is 11.9. The Kier molecular flexibility index (Phi) is 6.37. The molecule has 1 amide bonds. The number of ether oxygens (including phenoxy) is 2. The number of phenolic OH excluding ortho intramolecular Hbond substituents is 1. The van der Waals surface area contributed by atoms with E-state index in [1.54, 1.807) is 6.92 Å². The molecule has 0 aliphatic carbocycles. The third kappa shape index (κ3) is 4.76. The van der Waals surface area contributed by atoms with Gasteiger partial charge in [0, 0.05) is 5.56 Å². The second-order valence-electron chi connectivity index (χ2n) is 4.76. The molecule has 0 aliphatic rings. The smallest absolute Gasteiger partial charge is 0.328 e. The van der Waals surface area contributed by atoms with Crippen molar-refractivity contribution in [3.8, 4) is 5.75 Å². The monoisotopic (exact) mass is 309 g/mol. The third-order valence-corrected chi connectivity index (χ3v) is 3.09. The van der Waals surface area contributed by atoms with Crippen molar-refractivity contribution in [1.29, 1.82) is 0 Å². The molecule has 0 bridgehead atoms. The highest BCUT2D eigenvalue weighted by Crippen LogP contribution is 2.13. The number of rotatable bonds is 6. The highest BCUT2D eigenvalue weighted by Gasteiger charge is 2.27. The van der Waals surface area contributed by atoms with Gasteiger partial charge in [0.05, 0.1) is 20.1 Å². The van der Waals surface area contributed by atoms with E-state index in [4.69, 9.17) is 0 Å². The second-order valence-corrected chi connectivity index (χ2v) is 4.76. The van der Waals surface area contributed by atoms with Crippen LogP contribution in [0.15, 0.2) is 24.3 Å². The van der Waals surface area contributed by atoms with Crippen LogP contribution in [0.2, 0.25) is 0 Å². The Hall–Kier alpha value is -2.57. The molecule has 0 aliphatic heterocycles. The Morgan fingerprint density at radius 2 is 1.82 bits per heavy atom. The molecule has 7 heteroatoms. The van der Waals surface area contributed by atoms with E-state index in [0.717, 1.165) is 0 Å². The van der Waals surface area contributed by atoms with E-state index in [1.165, 1.54) is 38.5 Å². The number of nitrogens with one attached hydrogen (secondary N) is 1. The summed E-state index contributed by atoms with van der Waals surface area (Å²) in [7, 11) is 2.44. The first-order valence-corrected chi connectivity index (χ1v) is 6.64. The molecule has 22 heavy (non-hydrogen) atoms. The summed E-state index contributed by atoms with van der Waals surface area (Å²) in [4.78, 5) is 35.3. The SMILES string of the molecule is COC(=O)[C@@H](C)C[C@@H](NC(=O)c1cccc(O)c1)C(=O)OC. The van der Waals surface area contributed by atoms with Crippen LogP contribution in [-0.4, -0.2) is 43.2 Å². The zero-order chi connectivity index (χ0) is 16.7. The van der Waals surface area contributed by atoms with Gasteiger partial charge >= 0.3 is 11.9 Å². The summed E-state index contributed by atoms with van der Waals surface area (Å²) >= 11 is 0. The van der Waals surface area contributed by atoms with Crippen molar-refractivity contribution >= 4 is 17.8 Å². The van der Waals surface area contributed by atoms with E-state index in [9.17, 15) is 19.5 Å². The van der Waals surface area contributed by atoms with Gasteiger partial charge in [-0.15, -0.1) is 0 Å². The lowest BCUT2D eigenvalue weighted by atomic mass is 10.0. The van der Waals surface area contributed by atoms with Gasteiger partial charge in [0.15, 0.2) is 0 Å². The molecule has 0 unspecified atom stereocenters. The molecule has 0 fully saturated rings. The molecule has 0 aromatic heterocycles. The van der Waals surface area contributed by atoms with E-state index in [0.29, 0.717) is 0 Å². The first-order chi connectivity index (χ1) is 10.4. The molecule has 7 nitrogen and oxygen atoms in total. The zero-order valence-electron chi connectivity index (χ0n) is 12.7. The predicted octanol–water partition coefficient (Wildman–Crippen LogP) is 0.863. The quantitative estimate of drug-likeness (QED) is 0.756. The fourth-order valence-corrected chi connectivity index (χ4v) is 1.90. The van der Waals surface area contributed by atoms with E-state index >= 15 is 0 Å². The van der Waals surface area contributed by atoms with Crippen LogP contribution in [0.4, 0.5) is 0 Å². The predicted molar refractivity (Wildman–Crippen MR) is 77.2 cm³/mol. The Balaban J connectivity index is 2.83. The van der Waals surface area contributed by atoms with Crippen LogP contribution in [0.3, 0.4) is 0 Å². The van der Waals surface area contributed by atoms with Crippen molar-refractivity contribution in [1.82, 2.24) is 5.32 Å². The Bertz CT molecular complexity index is 557. The molecule has 0 radical (unpaired) electrons. The average Bonchev–Trinajstić information content (AvgIpc) is 2.52. The van der Waals surface area contributed by atoms with Crippen LogP contribution in [0.5, 0.6) is 5.75 Å². The summed E-state index contributed by atoms with van der Waals surface area (Å²) in [6.45, 7) is 1.59. The lowest BCUT2D eigenvalue weighted by Crippen LogP contribution is -2.43. The number of carbonyl (C=O) groups excluding carboxylic acids is 3. The average molecular weight is 309 g/mol. The number of aromatic hydroxyl groups is 1. The fourth-order valence-electron chi connectivity index (χ4n) is 1.90. The molecular formula is C15H19NO6. The minimum atomic E-state index is -0.992. The molecule has 1 aromatic carbocycles. The number of carbonyl (C=O) groups is 3. The largest absolute Gasteiger partial charge is 0.508 e. The minimum absolute atomic E-state index is 0.0455. The van der Waals surface area contributed by atoms with Crippen LogP contribution in [-0.2, 0) is 19.1 Å². The fraction of sp³-hybridized carbons (Fsp3) is 0.400. The molecule has 0 saturated heterocycles. The van der Waals surface area contributed by atoms with Crippen molar-refractivity contribution in [3.05, 3.63) is 29.8 Å². The van der Waals surface area contributed by atoms with Gasteiger partial charge in [-0.2, -0.15) is 0 Å². The van der Waals surface area contributed by atoms with Crippen molar-refractivity contribution in [2.24, 2.45) is 5.92 Å². The lowest BCUT2D eigenvalue weighted by molar-refractivity contribution is -0.147. The van der Waals surface area contributed by atoms with E-state index in [2.05, 4.69) is 14.8 Å². The van der Waals surface area contributed by atoms with Crippen LogP contribution >= 0.6 is 0 Å². The van der Waals surface area contributed by atoms with Crippen LogP contribution < -0.4 is 5.32 Å². The van der Waals surface area contributed by atoms with Gasteiger partial charge in [0.25, 0.3) is 5.91 Å². The van der Waals surface area contributed by atoms with Gasteiger partial charge in [-0.25, -0.2) is 4.79 Å². The summed E-state index contributed by atoms with van der Waals surface area (Å²) in [6, 6.07) is 4.71. The van der Waals surface area contributed by atoms with Crippen molar-refractivity contribution in [3.63, 3.8) is 0 Å².